The quantitative estimate of drug-likeness (QED) is 0.347. The first-order valence-corrected chi connectivity index (χ1v) is 7.98. The highest BCUT2D eigenvalue weighted by Crippen LogP contribution is 2.23. The Morgan fingerprint density at radius 2 is 1.81 bits per heavy atom. The zero-order valence-corrected chi connectivity index (χ0v) is 14.7. The molecule has 0 saturated heterocycles. The van der Waals surface area contributed by atoms with Gasteiger partial charge in [0, 0.05) is 12.1 Å². The number of methoxy groups -OCH3 is 1. The SMILES string of the molecule is COc1ccccc1NC(=O)[C@@H](C)OC(=O)/C=C/c1ccccc1[N+](=O)[O-]. The molecule has 0 heterocycles. The predicted molar refractivity (Wildman–Crippen MR) is 99.3 cm³/mol. The number of nitro benzene ring substituents is 1. The van der Waals surface area contributed by atoms with E-state index >= 15 is 0 Å². The second-order valence-corrected chi connectivity index (χ2v) is 5.42. The number of rotatable bonds is 7. The largest absolute Gasteiger partial charge is 0.495 e. The van der Waals surface area contributed by atoms with Gasteiger partial charge >= 0.3 is 5.97 Å². The van der Waals surface area contributed by atoms with Crippen LogP contribution in [0.3, 0.4) is 0 Å². The summed E-state index contributed by atoms with van der Waals surface area (Å²) in [4.78, 5) is 34.5. The van der Waals surface area contributed by atoms with E-state index in [0.717, 1.165) is 6.08 Å². The number of benzene rings is 2. The number of nitrogens with zero attached hydrogens (tertiary/aromatic N) is 1. The molecule has 8 heteroatoms. The molecule has 1 N–H and O–H groups in total. The van der Waals surface area contributed by atoms with Crippen LogP contribution >= 0.6 is 0 Å². The van der Waals surface area contributed by atoms with Crippen molar-refractivity contribution in [2.75, 3.05) is 12.4 Å². The second-order valence-electron chi connectivity index (χ2n) is 5.42. The number of ether oxygens (including phenoxy) is 2. The Morgan fingerprint density at radius 1 is 1.15 bits per heavy atom. The van der Waals surface area contributed by atoms with Gasteiger partial charge in [0.15, 0.2) is 6.10 Å². The molecule has 140 valence electrons. The molecule has 0 unspecified atom stereocenters. The highest BCUT2D eigenvalue weighted by molar-refractivity contribution is 5.97. The van der Waals surface area contributed by atoms with E-state index < -0.39 is 22.9 Å². The van der Waals surface area contributed by atoms with Crippen LogP contribution in [0, 0.1) is 10.1 Å². The van der Waals surface area contributed by atoms with Gasteiger partial charge in [0.25, 0.3) is 11.6 Å². The lowest BCUT2D eigenvalue weighted by Crippen LogP contribution is -2.29. The molecule has 0 aromatic heterocycles. The Morgan fingerprint density at radius 3 is 2.52 bits per heavy atom. The molecule has 27 heavy (non-hydrogen) atoms. The second kappa shape index (κ2) is 9.14. The van der Waals surface area contributed by atoms with Crippen LogP contribution in [0.15, 0.2) is 54.6 Å². The topological polar surface area (TPSA) is 108 Å². The van der Waals surface area contributed by atoms with Gasteiger partial charge in [0.1, 0.15) is 5.75 Å². The number of nitro groups is 1. The molecule has 2 aromatic rings. The van der Waals surface area contributed by atoms with Gasteiger partial charge < -0.3 is 14.8 Å². The van der Waals surface area contributed by atoms with Crippen molar-refractivity contribution in [3.63, 3.8) is 0 Å². The molecule has 0 aliphatic carbocycles. The van der Waals surface area contributed by atoms with E-state index in [4.69, 9.17) is 9.47 Å². The number of carbonyl (C=O) groups excluding carboxylic acids is 2. The van der Waals surface area contributed by atoms with E-state index in [2.05, 4.69) is 5.32 Å². The number of hydrogen-bond donors (Lipinski definition) is 1. The molecule has 0 fully saturated rings. The van der Waals surface area contributed by atoms with E-state index in [1.165, 1.54) is 38.3 Å². The van der Waals surface area contributed by atoms with Gasteiger partial charge in [-0.2, -0.15) is 0 Å². The van der Waals surface area contributed by atoms with Crippen molar-refractivity contribution in [2.24, 2.45) is 0 Å². The van der Waals surface area contributed by atoms with Gasteiger partial charge in [-0.05, 0) is 31.2 Å². The fourth-order valence-corrected chi connectivity index (χ4v) is 2.20. The zero-order chi connectivity index (χ0) is 19.8. The minimum absolute atomic E-state index is 0.136. The Bertz CT molecular complexity index is 878. The molecular weight excluding hydrogens is 352 g/mol. The summed E-state index contributed by atoms with van der Waals surface area (Å²) in [7, 11) is 1.47. The number of para-hydroxylation sites is 3. The van der Waals surface area contributed by atoms with Gasteiger partial charge in [0.2, 0.25) is 0 Å². The lowest BCUT2D eigenvalue weighted by atomic mass is 10.1. The van der Waals surface area contributed by atoms with E-state index in [1.807, 2.05) is 0 Å². The molecule has 0 radical (unpaired) electrons. The Labute approximate surface area is 155 Å². The molecule has 0 saturated carbocycles. The number of nitrogens with one attached hydrogen (secondary N) is 1. The van der Waals surface area contributed by atoms with Crippen LogP contribution in [0.4, 0.5) is 11.4 Å². The molecule has 0 spiro atoms. The van der Waals surface area contributed by atoms with Crippen molar-refractivity contribution in [3.05, 3.63) is 70.3 Å². The normalized spacial score (nSPS) is 11.6. The van der Waals surface area contributed by atoms with Gasteiger partial charge in [-0.25, -0.2) is 4.79 Å². The monoisotopic (exact) mass is 370 g/mol. The summed E-state index contributed by atoms with van der Waals surface area (Å²) in [5.74, 6) is -0.858. The average Bonchev–Trinajstić information content (AvgIpc) is 2.66. The summed E-state index contributed by atoms with van der Waals surface area (Å²) in [5, 5.41) is 13.6. The van der Waals surface area contributed by atoms with Crippen molar-refractivity contribution in [2.45, 2.75) is 13.0 Å². The number of carbonyl (C=O) groups is 2. The van der Waals surface area contributed by atoms with Crippen LogP contribution in [-0.2, 0) is 14.3 Å². The van der Waals surface area contributed by atoms with Crippen molar-refractivity contribution in [1.29, 1.82) is 0 Å². The maximum atomic E-state index is 12.2. The summed E-state index contributed by atoms with van der Waals surface area (Å²) < 4.78 is 10.2. The molecule has 0 aliphatic rings. The van der Waals surface area contributed by atoms with E-state index in [1.54, 1.807) is 30.3 Å². The maximum Gasteiger partial charge on any atom is 0.331 e. The van der Waals surface area contributed by atoms with E-state index in [9.17, 15) is 19.7 Å². The first-order valence-electron chi connectivity index (χ1n) is 7.98. The Kier molecular flexibility index (Phi) is 6.65. The first-order chi connectivity index (χ1) is 12.9. The van der Waals surface area contributed by atoms with Crippen molar-refractivity contribution in [3.8, 4) is 5.75 Å². The highest BCUT2D eigenvalue weighted by Gasteiger charge is 2.18. The molecule has 0 aliphatic heterocycles. The van der Waals surface area contributed by atoms with E-state index in [-0.39, 0.29) is 11.3 Å². The number of hydrogen-bond acceptors (Lipinski definition) is 6. The summed E-state index contributed by atoms with van der Waals surface area (Å²) in [6.45, 7) is 1.42. The third kappa shape index (κ3) is 5.40. The fourth-order valence-electron chi connectivity index (χ4n) is 2.20. The van der Waals surface area contributed by atoms with Crippen LogP contribution < -0.4 is 10.1 Å². The highest BCUT2D eigenvalue weighted by atomic mass is 16.6. The summed E-state index contributed by atoms with van der Waals surface area (Å²) in [6, 6.07) is 12.8. The Balaban J connectivity index is 1.99. The van der Waals surface area contributed by atoms with E-state index in [0.29, 0.717) is 11.4 Å². The fraction of sp³-hybridized carbons (Fsp3) is 0.158. The van der Waals surface area contributed by atoms with Crippen molar-refractivity contribution < 1.29 is 24.0 Å². The van der Waals surface area contributed by atoms with Crippen LogP contribution in [0.2, 0.25) is 0 Å². The third-order valence-electron chi connectivity index (χ3n) is 3.56. The van der Waals surface area contributed by atoms with Gasteiger partial charge in [0.05, 0.1) is 23.3 Å². The van der Waals surface area contributed by atoms with Gasteiger partial charge in [-0.15, -0.1) is 0 Å². The van der Waals surface area contributed by atoms with Crippen LogP contribution in [0.1, 0.15) is 12.5 Å². The number of esters is 1. The molecule has 2 aromatic carbocycles. The molecule has 1 amide bonds. The molecule has 0 bridgehead atoms. The number of amides is 1. The first kappa shape index (κ1) is 19.6. The van der Waals surface area contributed by atoms with Crippen molar-refractivity contribution >= 4 is 29.3 Å². The minimum atomic E-state index is -1.07. The smallest absolute Gasteiger partial charge is 0.331 e. The van der Waals surface area contributed by atoms with Crippen LogP contribution in [0.5, 0.6) is 5.75 Å². The Hall–Kier alpha value is -3.68. The molecular formula is C19H18N2O6. The summed E-state index contributed by atoms with van der Waals surface area (Å²) in [5.41, 5.74) is 0.567. The van der Waals surface area contributed by atoms with Gasteiger partial charge in [-0.3, -0.25) is 14.9 Å². The summed E-state index contributed by atoms with van der Waals surface area (Å²) in [6.07, 6.45) is 1.23. The van der Waals surface area contributed by atoms with Crippen LogP contribution in [0.25, 0.3) is 6.08 Å². The molecule has 2 rings (SSSR count). The van der Waals surface area contributed by atoms with Gasteiger partial charge in [-0.1, -0.05) is 24.3 Å². The zero-order valence-electron chi connectivity index (χ0n) is 14.7. The molecule has 8 nitrogen and oxygen atoms in total. The third-order valence-corrected chi connectivity index (χ3v) is 3.56. The summed E-state index contributed by atoms with van der Waals surface area (Å²) >= 11 is 0. The number of anilines is 1. The maximum absolute atomic E-state index is 12.2. The lowest BCUT2D eigenvalue weighted by molar-refractivity contribution is -0.385. The van der Waals surface area contributed by atoms with Crippen molar-refractivity contribution in [1.82, 2.24) is 0 Å². The predicted octanol–water partition coefficient (Wildman–Crippen LogP) is 3.19. The molecule has 1 atom stereocenters. The minimum Gasteiger partial charge on any atom is -0.495 e. The average molecular weight is 370 g/mol. The standard InChI is InChI=1S/C19H18N2O6/c1-13(19(23)20-15-8-4-6-10-17(15)26-2)27-18(22)12-11-14-7-3-5-9-16(14)21(24)25/h3-13H,1-2H3,(H,20,23)/b12-11+/t13-/m1/s1. The lowest BCUT2D eigenvalue weighted by Gasteiger charge is -2.14. The van der Waals surface area contributed by atoms with Crippen LogP contribution in [-0.4, -0.2) is 30.0 Å².